The molecule has 2 amide bonds. The summed E-state index contributed by atoms with van der Waals surface area (Å²) in [6, 6.07) is 3.56. The van der Waals surface area contributed by atoms with E-state index in [4.69, 9.17) is 5.73 Å². The van der Waals surface area contributed by atoms with Gasteiger partial charge in [-0.15, -0.1) is 0 Å². The van der Waals surface area contributed by atoms with Crippen molar-refractivity contribution >= 4 is 17.5 Å². The zero-order chi connectivity index (χ0) is 15.3. The highest BCUT2D eigenvalue weighted by Gasteiger charge is 2.17. The SMILES string of the molecule is CC(C)CNC(=O)CN(C)C(=O)c1ccc(F)cc1N. The van der Waals surface area contributed by atoms with Crippen LogP contribution in [0.1, 0.15) is 24.2 Å². The molecule has 1 aromatic carbocycles. The van der Waals surface area contributed by atoms with Gasteiger partial charge in [-0.25, -0.2) is 4.39 Å². The first-order chi connectivity index (χ1) is 9.31. The van der Waals surface area contributed by atoms with Crippen molar-refractivity contribution < 1.29 is 14.0 Å². The fourth-order valence-corrected chi connectivity index (χ4v) is 1.60. The number of carbonyl (C=O) groups excluding carboxylic acids is 2. The molecule has 0 heterocycles. The normalized spacial score (nSPS) is 10.4. The third-order valence-electron chi connectivity index (χ3n) is 2.68. The van der Waals surface area contributed by atoms with Crippen LogP contribution in [0.25, 0.3) is 0 Å². The van der Waals surface area contributed by atoms with Crippen molar-refractivity contribution in [3.05, 3.63) is 29.6 Å². The highest BCUT2D eigenvalue weighted by molar-refractivity contribution is 6.00. The van der Waals surface area contributed by atoms with E-state index in [0.717, 1.165) is 12.1 Å². The van der Waals surface area contributed by atoms with Crippen LogP contribution < -0.4 is 11.1 Å². The quantitative estimate of drug-likeness (QED) is 0.798. The monoisotopic (exact) mass is 281 g/mol. The molecule has 0 unspecified atom stereocenters. The maximum Gasteiger partial charge on any atom is 0.256 e. The van der Waals surface area contributed by atoms with E-state index in [9.17, 15) is 14.0 Å². The first-order valence-electron chi connectivity index (χ1n) is 6.38. The molecular weight excluding hydrogens is 261 g/mol. The number of halogens is 1. The molecule has 0 aliphatic rings. The van der Waals surface area contributed by atoms with Gasteiger partial charge in [-0.05, 0) is 24.1 Å². The van der Waals surface area contributed by atoms with Gasteiger partial charge in [0.2, 0.25) is 5.91 Å². The minimum atomic E-state index is -0.503. The lowest BCUT2D eigenvalue weighted by Crippen LogP contribution is -2.39. The molecule has 1 rings (SSSR count). The number of amides is 2. The number of hydrogen-bond acceptors (Lipinski definition) is 3. The van der Waals surface area contributed by atoms with Gasteiger partial charge in [-0.2, -0.15) is 0 Å². The Morgan fingerprint density at radius 3 is 2.60 bits per heavy atom. The van der Waals surface area contributed by atoms with Crippen LogP contribution in [-0.4, -0.2) is 36.9 Å². The maximum absolute atomic E-state index is 12.9. The zero-order valence-electron chi connectivity index (χ0n) is 11.9. The summed E-state index contributed by atoms with van der Waals surface area (Å²) < 4.78 is 12.9. The molecule has 3 N–H and O–H groups in total. The van der Waals surface area contributed by atoms with E-state index in [1.807, 2.05) is 13.8 Å². The molecule has 0 fully saturated rings. The number of carbonyl (C=O) groups is 2. The summed E-state index contributed by atoms with van der Waals surface area (Å²) in [5.41, 5.74) is 5.85. The predicted octanol–water partition coefficient (Wildman–Crippen LogP) is 1.25. The van der Waals surface area contributed by atoms with Gasteiger partial charge < -0.3 is 16.0 Å². The molecule has 0 saturated heterocycles. The van der Waals surface area contributed by atoms with Crippen molar-refractivity contribution in [1.29, 1.82) is 0 Å². The lowest BCUT2D eigenvalue weighted by Gasteiger charge is -2.18. The van der Waals surface area contributed by atoms with Crippen LogP contribution in [-0.2, 0) is 4.79 Å². The van der Waals surface area contributed by atoms with Crippen molar-refractivity contribution in [1.82, 2.24) is 10.2 Å². The van der Waals surface area contributed by atoms with Gasteiger partial charge in [0, 0.05) is 19.3 Å². The van der Waals surface area contributed by atoms with Gasteiger partial charge in [0.25, 0.3) is 5.91 Å². The highest BCUT2D eigenvalue weighted by Crippen LogP contribution is 2.15. The van der Waals surface area contributed by atoms with Gasteiger partial charge in [0.05, 0.1) is 12.1 Å². The molecule has 1 aromatic rings. The Kier molecular flexibility index (Phi) is 5.49. The minimum absolute atomic E-state index is 0.0597. The van der Waals surface area contributed by atoms with Crippen molar-refractivity contribution in [3.63, 3.8) is 0 Å². The summed E-state index contributed by atoms with van der Waals surface area (Å²) in [5, 5.41) is 2.72. The van der Waals surface area contributed by atoms with Crippen molar-refractivity contribution in [2.24, 2.45) is 5.92 Å². The van der Waals surface area contributed by atoms with Crippen molar-refractivity contribution in [3.8, 4) is 0 Å². The molecule has 110 valence electrons. The van der Waals surface area contributed by atoms with E-state index in [1.165, 1.54) is 18.0 Å². The maximum atomic E-state index is 12.9. The smallest absolute Gasteiger partial charge is 0.256 e. The molecule has 0 aromatic heterocycles. The van der Waals surface area contributed by atoms with Crippen LogP contribution in [0, 0.1) is 11.7 Å². The molecule has 0 aliphatic heterocycles. The summed E-state index contributed by atoms with van der Waals surface area (Å²) in [7, 11) is 1.50. The van der Waals surface area contributed by atoms with E-state index in [0.29, 0.717) is 12.5 Å². The molecule has 0 bridgehead atoms. The molecule has 20 heavy (non-hydrogen) atoms. The Hall–Kier alpha value is -2.11. The number of likely N-dealkylation sites (N-methyl/N-ethyl adjacent to an activating group) is 1. The van der Waals surface area contributed by atoms with Gasteiger partial charge in [0.15, 0.2) is 0 Å². The summed E-state index contributed by atoms with van der Waals surface area (Å²) in [6.07, 6.45) is 0. The zero-order valence-corrected chi connectivity index (χ0v) is 11.9. The number of nitrogens with zero attached hydrogens (tertiary/aromatic N) is 1. The molecule has 0 saturated carbocycles. The van der Waals surface area contributed by atoms with Gasteiger partial charge in [-0.3, -0.25) is 9.59 Å². The third kappa shape index (κ3) is 4.53. The number of nitrogens with one attached hydrogen (secondary N) is 1. The number of nitrogen functional groups attached to an aromatic ring is 1. The first kappa shape index (κ1) is 15.9. The second-order valence-corrected chi connectivity index (χ2v) is 5.09. The summed E-state index contributed by atoms with van der Waals surface area (Å²) in [5.74, 6) is -0.818. The minimum Gasteiger partial charge on any atom is -0.398 e. The number of rotatable bonds is 5. The number of anilines is 1. The Labute approximate surface area is 117 Å². The summed E-state index contributed by atoms with van der Waals surface area (Å²) in [4.78, 5) is 25.0. The van der Waals surface area contributed by atoms with Gasteiger partial charge >= 0.3 is 0 Å². The van der Waals surface area contributed by atoms with Gasteiger partial charge in [-0.1, -0.05) is 13.8 Å². The largest absolute Gasteiger partial charge is 0.398 e. The summed E-state index contributed by atoms with van der Waals surface area (Å²) >= 11 is 0. The Balaban J connectivity index is 2.65. The van der Waals surface area contributed by atoms with E-state index >= 15 is 0 Å². The lowest BCUT2D eigenvalue weighted by molar-refractivity contribution is -0.121. The highest BCUT2D eigenvalue weighted by atomic mass is 19.1. The molecule has 0 spiro atoms. The predicted molar refractivity (Wildman–Crippen MR) is 75.6 cm³/mol. The number of hydrogen-bond donors (Lipinski definition) is 2. The van der Waals surface area contributed by atoms with Gasteiger partial charge in [0.1, 0.15) is 5.82 Å². The van der Waals surface area contributed by atoms with E-state index in [2.05, 4.69) is 5.32 Å². The Bertz CT molecular complexity index is 503. The summed E-state index contributed by atoms with van der Waals surface area (Å²) in [6.45, 7) is 4.45. The molecule has 5 nitrogen and oxygen atoms in total. The lowest BCUT2D eigenvalue weighted by atomic mass is 10.1. The molecular formula is C14H20FN3O2. The van der Waals surface area contributed by atoms with Crippen LogP contribution in [0.3, 0.4) is 0 Å². The Morgan fingerprint density at radius 2 is 2.05 bits per heavy atom. The number of nitrogens with two attached hydrogens (primary N) is 1. The van der Waals surface area contributed by atoms with Crippen LogP contribution in [0.5, 0.6) is 0 Å². The van der Waals surface area contributed by atoms with Crippen LogP contribution in [0.2, 0.25) is 0 Å². The average Bonchev–Trinajstić information content (AvgIpc) is 2.35. The molecule has 0 radical (unpaired) electrons. The van der Waals surface area contributed by atoms with E-state index < -0.39 is 11.7 Å². The second kappa shape index (κ2) is 6.88. The Morgan fingerprint density at radius 1 is 1.40 bits per heavy atom. The third-order valence-corrected chi connectivity index (χ3v) is 2.68. The molecule has 0 aliphatic carbocycles. The molecule has 6 heteroatoms. The number of benzene rings is 1. The van der Waals surface area contributed by atoms with E-state index in [1.54, 1.807) is 0 Å². The van der Waals surface area contributed by atoms with Crippen molar-refractivity contribution in [2.75, 3.05) is 25.9 Å². The van der Waals surface area contributed by atoms with Crippen molar-refractivity contribution in [2.45, 2.75) is 13.8 Å². The fourth-order valence-electron chi connectivity index (χ4n) is 1.60. The topological polar surface area (TPSA) is 75.4 Å². The second-order valence-electron chi connectivity index (χ2n) is 5.09. The van der Waals surface area contributed by atoms with Crippen LogP contribution >= 0.6 is 0 Å². The van der Waals surface area contributed by atoms with Crippen LogP contribution in [0.15, 0.2) is 18.2 Å². The van der Waals surface area contributed by atoms with E-state index in [-0.39, 0.29) is 23.7 Å². The first-order valence-corrected chi connectivity index (χ1v) is 6.38. The van der Waals surface area contributed by atoms with Crippen LogP contribution in [0.4, 0.5) is 10.1 Å². The standard InChI is InChI=1S/C14H20FN3O2/c1-9(2)7-17-13(19)8-18(3)14(20)11-5-4-10(15)6-12(11)16/h4-6,9H,7-8,16H2,1-3H3,(H,17,19). The molecule has 0 atom stereocenters. The average molecular weight is 281 g/mol. The fraction of sp³-hybridized carbons (Fsp3) is 0.429.